The summed E-state index contributed by atoms with van der Waals surface area (Å²) < 4.78 is 2.30. The van der Waals surface area contributed by atoms with Crippen molar-refractivity contribution in [1.82, 2.24) is 14.8 Å². The number of benzene rings is 2. The van der Waals surface area contributed by atoms with Crippen molar-refractivity contribution in [2.24, 2.45) is 0 Å². The number of hydrogen-bond acceptors (Lipinski definition) is 5. The number of H-pyrrole nitrogens is 1. The number of carbonyl (C=O) groups excluding carboxylic acids is 2. The molecule has 9 heteroatoms. The van der Waals surface area contributed by atoms with Crippen LogP contribution in [-0.2, 0) is 11.3 Å². The number of nitrogens with zero attached hydrogens (tertiary/aromatic N) is 2. The summed E-state index contributed by atoms with van der Waals surface area (Å²) in [7, 11) is 0. The largest absolute Gasteiger partial charge is 0.326 e. The Kier molecular flexibility index (Phi) is 6.58. The third-order valence-electron chi connectivity index (χ3n) is 4.87. The van der Waals surface area contributed by atoms with E-state index in [1.807, 2.05) is 59.3 Å². The molecule has 2 amide bonds. The van der Waals surface area contributed by atoms with Gasteiger partial charge in [-0.3, -0.25) is 19.3 Å². The lowest BCUT2D eigenvalue weighted by Crippen LogP contribution is -2.16. The number of thiophene rings is 1. The van der Waals surface area contributed by atoms with E-state index in [-0.39, 0.29) is 18.2 Å². The molecule has 7 nitrogen and oxygen atoms in total. The number of aromatic amines is 1. The smallest absolute Gasteiger partial charge is 0.255 e. The summed E-state index contributed by atoms with van der Waals surface area (Å²) in [5.74, 6) is 0.363. The van der Waals surface area contributed by atoms with Gasteiger partial charge in [0.1, 0.15) is 0 Å². The Labute approximate surface area is 194 Å². The fourth-order valence-corrected chi connectivity index (χ4v) is 4.12. The first kappa shape index (κ1) is 21.7. The van der Waals surface area contributed by atoms with E-state index in [9.17, 15) is 9.59 Å². The average molecular weight is 464 g/mol. The molecule has 2 heterocycles. The van der Waals surface area contributed by atoms with Crippen molar-refractivity contribution < 1.29 is 9.59 Å². The van der Waals surface area contributed by atoms with Crippen LogP contribution in [0.2, 0.25) is 0 Å². The van der Waals surface area contributed by atoms with Crippen LogP contribution in [0.15, 0.2) is 66.0 Å². The molecule has 0 radical (unpaired) electrons. The van der Waals surface area contributed by atoms with Crippen molar-refractivity contribution >= 4 is 46.7 Å². The summed E-state index contributed by atoms with van der Waals surface area (Å²) >= 11 is 6.89. The van der Waals surface area contributed by atoms with Crippen LogP contribution in [0.3, 0.4) is 0 Å². The van der Waals surface area contributed by atoms with E-state index in [1.165, 1.54) is 0 Å². The highest BCUT2D eigenvalue weighted by atomic mass is 32.1. The topological polar surface area (TPSA) is 91.8 Å². The summed E-state index contributed by atoms with van der Waals surface area (Å²) in [6.07, 6.45) is 0.228. The SMILES string of the molecule is Cc1ccc(NC(=O)c2ccccc2)cc1NC(=O)CCn1c(-c2cccs2)n[nH]c1=S. The molecule has 0 saturated heterocycles. The average Bonchev–Trinajstić information content (AvgIpc) is 3.45. The van der Waals surface area contributed by atoms with Gasteiger partial charge in [0.15, 0.2) is 10.6 Å². The number of hydrogen-bond donors (Lipinski definition) is 3. The molecule has 0 fully saturated rings. The van der Waals surface area contributed by atoms with Crippen molar-refractivity contribution in [2.45, 2.75) is 19.9 Å². The molecule has 162 valence electrons. The van der Waals surface area contributed by atoms with Crippen molar-refractivity contribution in [2.75, 3.05) is 10.6 Å². The minimum atomic E-state index is -0.206. The lowest BCUT2D eigenvalue weighted by atomic mass is 10.1. The van der Waals surface area contributed by atoms with Gasteiger partial charge in [-0.15, -0.1) is 11.3 Å². The first-order valence-corrected chi connectivity index (χ1v) is 11.3. The predicted octanol–water partition coefficient (Wildman–Crippen LogP) is 5.26. The Balaban J connectivity index is 1.42. The fraction of sp³-hybridized carbons (Fsp3) is 0.130. The van der Waals surface area contributed by atoms with Gasteiger partial charge in [0, 0.05) is 29.9 Å². The fourth-order valence-electron chi connectivity index (χ4n) is 3.17. The van der Waals surface area contributed by atoms with Gasteiger partial charge in [-0.25, -0.2) is 0 Å². The minimum Gasteiger partial charge on any atom is -0.326 e. The quantitative estimate of drug-likeness (QED) is 0.326. The third kappa shape index (κ3) is 5.01. The van der Waals surface area contributed by atoms with Crippen molar-refractivity contribution in [3.63, 3.8) is 0 Å². The third-order valence-corrected chi connectivity index (χ3v) is 6.05. The van der Waals surface area contributed by atoms with Crippen LogP contribution < -0.4 is 10.6 Å². The second-order valence-electron chi connectivity index (χ2n) is 7.13. The number of anilines is 2. The summed E-state index contributed by atoms with van der Waals surface area (Å²) in [4.78, 5) is 26.0. The zero-order valence-electron chi connectivity index (χ0n) is 17.3. The maximum Gasteiger partial charge on any atom is 0.255 e. The normalized spacial score (nSPS) is 10.7. The van der Waals surface area contributed by atoms with E-state index >= 15 is 0 Å². The van der Waals surface area contributed by atoms with Gasteiger partial charge in [-0.2, -0.15) is 5.10 Å². The maximum atomic E-state index is 12.7. The van der Waals surface area contributed by atoms with Crippen molar-refractivity contribution in [1.29, 1.82) is 0 Å². The van der Waals surface area contributed by atoms with Gasteiger partial charge in [0.25, 0.3) is 5.91 Å². The van der Waals surface area contributed by atoms with Crippen LogP contribution in [0.4, 0.5) is 11.4 Å². The van der Waals surface area contributed by atoms with Crippen LogP contribution in [0.1, 0.15) is 22.3 Å². The first-order valence-electron chi connectivity index (χ1n) is 9.97. The molecule has 0 unspecified atom stereocenters. The Morgan fingerprint density at radius 3 is 2.66 bits per heavy atom. The van der Waals surface area contributed by atoms with Gasteiger partial charge in [-0.05, 0) is 60.4 Å². The Bertz CT molecular complexity index is 1290. The monoisotopic (exact) mass is 463 g/mol. The predicted molar refractivity (Wildman–Crippen MR) is 130 cm³/mol. The van der Waals surface area contributed by atoms with E-state index in [4.69, 9.17) is 12.2 Å². The van der Waals surface area contributed by atoms with E-state index in [1.54, 1.807) is 29.5 Å². The molecule has 0 bridgehead atoms. The summed E-state index contributed by atoms with van der Waals surface area (Å²) in [6, 6.07) is 18.3. The number of nitrogens with one attached hydrogen (secondary N) is 3. The molecule has 0 saturated carbocycles. The minimum absolute atomic E-state index is 0.153. The lowest BCUT2D eigenvalue weighted by molar-refractivity contribution is -0.116. The van der Waals surface area contributed by atoms with Gasteiger partial charge in [0.2, 0.25) is 5.91 Å². The van der Waals surface area contributed by atoms with Gasteiger partial charge in [0.05, 0.1) is 4.88 Å². The van der Waals surface area contributed by atoms with Crippen molar-refractivity contribution in [3.05, 3.63) is 81.9 Å². The van der Waals surface area contributed by atoms with Crippen LogP contribution in [-0.4, -0.2) is 26.6 Å². The lowest BCUT2D eigenvalue weighted by Gasteiger charge is -2.12. The highest BCUT2D eigenvalue weighted by molar-refractivity contribution is 7.71. The molecule has 0 aliphatic rings. The van der Waals surface area contributed by atoms with E-state index < -0.39 is 0 Å². The van der Waals surface area contributed by atoms with Crippen LogP contribution in [0.25, 0.3) is 10.7 Å². The van der Waals surface area contributed by atoms with E-state index in [0.29, 0.717) is 28.3 Å². The number of aryl methyl sites for hydroxylation is 1. The molecular formula is C23H21N5O2S2. The molecule has 3 N–H and O–H groups in total. The van der Waals surface area contributed by atoms with Crippen molar-refractivity contribution in [3.8, 4) is 10.7 Å². The van der Waals surface area contributed by atoms with Gasteiger partial charge < -0.3 is 10.6 Å². The molecule has 0 aliphatic carbocycles. The molecular weight excluding hydrogens is 442 g/mol. The van der Waals surface area contributed by atoms with Gasteiger partial charge >= 0.3 is 0 Å². The second-order valence-corrected chi connectivity index (χ2v) is 8.46. The first-order chi connectivity index (χ1) is 15.5. The molecule has 4 aromatic rings. The molecule has 4 rings (SSSR count). The number of amides is 2. The highest BCUT2D eigenvalue weighted by Crippen LogP contribution is 2.24. The summed E-state index contributed by atoms with van der Waals surface area (Å²) in [5, 5.41) is 14.8. The summed E-state index contributed by atoms with van der Waals surface area (Å²) in [5.41, 5.74) is 2.72. The number of aromatic nitrogens is 3. The van der Waals surface area contributed by atoms with Crippen LogP contribution in [0, 0.1) is 11.7 Å². The van der Waals surface area contributed by atoms with Crippen LogP contribution >= 0.6 is 23.6 Å². The molecule has 2 aromatic carbocycles. The number of rotatable bonds is 7. The Morgan fingerprint density at radius 1 is 1.09 bits per heavy atom. The molecule has 0 aliphatic heterocycles. The Morgan fingerprint density at radius 2 is 1.91 bits per heavy atom. The summed E-state index contributed by atoms with van der Waals surface area (Å²) in [6.45, 7) is 2.30. The molecule has 0 atom stereocenters. The molecule has 32 heavy (non-hydrogen) atoms. The van der Waals surface area contributed by atoms with Gasteiger partial charge in [-0.1, -0.05) is 30.3 Å². The maximum absolute atomic E-state index is 12.7. The zero-order valence-corrected chi connectivity index (χ0v) is 18.9. The highest BCUT2D eigenvalue weighted by Gasteiger charge is 2.13. The van der Waals surface area contributed by atoms with Crippen LogP contribution in [0.5, 0.6) is 0 Å². The molecule has 0 spiro atoms. The van der Waals surface area contributed by atoms with E-state index in [0.717, 1.165) is 16.3 Å². The standard InChI is InChI=1S/C23H21N5O2S2/c1-15-9-10-17(24-22(30)16-6-3-2-4-7-16)14-18(15)25-20(29)11-12-28-21(26-27-23(28)31)19-8-5-13-32-19/h2-10,13-14H,11-12H2,1H3,(H,24,30)(H,25,29)(H,27,31). The van der Waals surface area contributed by atoms with E-state index in [2.05, 4.69) is 20.8 Å². The Hall–Kier alpha value is -3.56. The zero-order chi connectivity index (χ0) is 22.5. The second kappa shape index (κ2) is 9.71. The molecule has 2 aromatic heterocycles. The number of carbonyl (C=O) groups is 2.